The SMILES string of the molecule is CCC(=Cc1[se]c2ccc(OC)cc2[n+]1CC)SC. The summed E-state index contributed by atoms with van der Waals surface area (Å²) in [7, 11) is 1.73. The van der Waals surface area contributed by atoms with Gasteiger partial charge in [0.2, 0.25) is 0 Å². The summed E-state index contributed by atoms with van der Waals surface area (Å²) in [6.45, 7) is 5.44. The van der Waals surface area contributed by atoms with E-state index in [0.29, 0.717) is 14.5 Å². The molecule has 0 aliphatic carbocycles. The summed E-state index contributed by atoms with van der Waals surface area (Å²) in [6, 6.07) is 6.44. The third-order valence-electron chi connectivity index (χ3n) is 3.15. The quantitative estimate of drug-likeness (QED) is 0.611. The standard InChI is InChI=1S/C15H20NOSSe/c1-5-12(18-4)10-15-16(6-2)13-9-11(17-3)7-8-14(13)19-15/h7-10H,5-6H2,1-4H3/q+1. The third-order valence-corrected chi connectivity index (χ3v) is 6.41. The predicted octanol–water partition coefficient (Wildman–Crippen LogP) is 3.33. The van der Waals surface area contributed by atoms with Crippen LogP contribution in [0.15, 0.2) is 23.1 Å². The van der Waals surface area contributed by atoms with Crippen LogP contribution in [-0.4, -0.2) is 27.9 Å². The number of aryl methyl sites for hydroxylation is 1. The van der Waals surface area contributed by atoms with Gasteiger partial charge < -0.3 is 0 Å². The van der Waals surface area contributed by atoms with Crippen molar-refractivity contribution in [3.8, 4) is 5.75 Å². The van der Waals surface area contributed by atoms with E-state index in [4.69, 9.17) is 4.74 Å². The molecule has 0 atom stereocenters. The van der Waals surface area contributed by atoms with E-state index in [-0.39, 0.29) is 0 Å². The molecular formula is C15H20NOSSe+. The number of nitrogens with zero attached hydrogens (tertiary/aromatic N) is 1. The Morgan fingerprint density at radius 1 is 1.42 bits per heavy atom. The van der Waals surface area contributed by atoms with E-state index in [0.717, 1.165) is 18.7 Å². The first-order valence-electron chi connectivity index (χ1n) is 6.48. The van der Waals surface area contributed by atoms with Crippen LogP contribution in [0.2, 0.25) is 0 Å². The molecule has 1 aromatic carbocycles. The molecule has 0 radical (unpaired) electrons. The molecule has 0 aliphatic heterocycles. The van der Waals surface area contributed by atoms with E-state index in [9.17, 15) is 0 Å². The molecular weight excluding hydrogens is 321 g/mol. The zero-order chi connectivity index (χ0) is 13.8. The molecule has 1 aromatic heterocycles. The van der Waals surface area contributed by atoms with E-state index in [1.54, 1.807) is 7.11 Å². The Balaban J connectivity index is 2.59. The van der Waals surface area contributed by atoms with E-state index in [1.165, 1.54) is 19.2 Å². The Morgan fingerprint density at radius 2 is 2.21 bits per heavy atom. The van der Waals surface area contributed by atoms with E-state index >= 15 is 0 Å². The summed E-state index contributed by atoms with van der Waals surface area (Å²) in [5, 5.41) is 0. The molecule has 2 rings (SSSR count). The van der Waals surface area contributed by atoms with Crippen molar-refractivity contribution >= 4 is 42.1 Å². The summed E-state index contributed by atoms with van der Waals surface area (Å²) >= 11 is 2.27. The Kier molecular flexibility index (Phi) is 5.14. The van der Waals surface area contributed by atoms with Gasteiger partial charge in [-0.2, -0.15) is 0 Å². The van der Waals surface area contributed by atoms with Gasteiger partial charge in [-0.05, 0) is 0 Å². The zero-order valence-electron chi connectivity index (χ0n) is 11.9. The van der Waals surface area contributed by atoms with Crippen LogP contribution in [0.5, 0.6) is 5.75 Å². The van der Waals surface area contributed by atoms with Crippen molar-refractivity contribution in [2.45, 2.75) is 26.8 Å². The van der Waals surface area contributed by atoms with Gasteiger partial charge in [0.25, 0.3) is 0 Å². The van der Waals surface area contributed by atoms with Gasteiger partial charge in [-0.25, -0.2) is 0 Å². The molecule has 0 amide bonds. The van der Waals surface area contributed by atoms with Crippen LogP contribution in [0, 0.1) is 0 Å². The molecule has 0 spiro atoms. The van der Waals surface area contributed by atoms with Gasteiger partial charge in [0, 0.05) is 0 Å². The Labute approximate surface area is 125 Å². The van der Waals surface area contributed by atoms with Crippen LogP contribution < -0.4 is 9.30 Å². The Hall–Kier alpha value is -0.701. The van der Waals surface area contributed by atoms with Gasteiger partial charge in [0.1, 0.15) is 0 Å². The predicted molar refractivity (Wildman–Crippen MR) is 85.1 cm³/mol. The number of methoxy groups -OCH3 is 1. The number of fused-ring (bicyclic) bond motifs is 1. The van der Waals surface area contributed by atoms with E-state index in [2.05, 4.69) is 48.9 Å². The van der Waals surface area contributed by atoms with Crippen molar-refractivity contribution in [2.75, 3.05) is 13.4 Å². The molecule has 2 nitrogen and oxygen atoms in total. The molecule has 0 bridgehead atoms. The number of allylic oxidation sites excluding steroid dienone is 1. The minimum atomic E-state index is 0.410. The molecule has 0 aliphatic rings. The Morgan fingerprint density at radius 3 is 2.79 bits per heavy atom. The number of hydrogen-bond acceptors (Lipinski definition) is 2. The fourth-order valence-corrected chi connectivity index (χ4v) is 5.23. The molecule has 2 aromatic rings. The topological polar surface area (TPSA) is 13.1 Å². The fraction of sp³-hybridized carbons (Fsp3) is 0.400. The van der Waals surface area contributed by atoms with Gasteiger partial charge in [-0.15, -0.1) is 0 Å². The van der Waals surface area contributed by atoms with Gasteiger partial charge in [0.15, 0.2) is 0 Å². The van der Waals surface area contributed by atoms with E-state index < -0.39 is 0 Å². The van der Waals surface area contributed by atoms with Crippen molar-refractivity contribution in [3.05, 3.63) is 27.7 Å². The first-order chi connectivity index (χ1) is 9.23. The fourth-order valence-electron chi connectivity index (χ4n) is 2.08. The number of thioether (sulfide) groups is 1. The van der Waals surface area contributed by atoms with Gasteiger partial charge >= 0.3 is 125 Å². The average Bonchev–Trinajstić information content (AvgIpc) is 2.80. The van der Waals surface area contributed by atoms with Crippen molar-refractivity contribution in [2.24, 2.45) is 0 Å². The second kappa shape index (κ2) is 6.64. The van der Waals surface area contributed by atoms with Crippen molar-refractivity contribution in [1.82, 2.24) is 0 Å². The van der Waals surface area contributed by atoms with Gasteiger partial charge in [0.05, 0.1) is 0 Å². The van der Waals surface area contributed by atoms with Crippen LogP contribution in [0.4, 0.5) is 0 Å². The normalized spacial score (nSPS) is 12.1. The average molecular weight is 341 g/mol. The number of rotatable bonds is 5. The maximum atomic E-state index is 5.34. The third kappa shape index (κ3) is 3.07. The van der Waals surface area contributed by atoms with Crippen molar-refractivity contribution < 1.29 is 9.30 Å². The Bertz CT molecular complexity index is 597. The number of aromatic nitrogens is 1. The summed E-state index contributed by atoms with van der Waals surface area (Å²) < 4.78 is 10.7. The maximum absolute atomic E-state index is 5.34. The van der Waals surface area contributed by atoms with E-state index in [1.807, 2.05) is 11.8 Å². The second-order valence-corrected chi connectivity index (χ2v) is 7.35. The number of ether oxygens (including phenoxy) is 1. The first kappa shape index (κ1) is 14.7. The van der Waals surface area contributed by atoms with Crippen LogP contribution in [0.25, 0.3) is 15.9 Å². The monoisotopic (exact) mass is 342 g/mol. The zero-order valence-corrected chi connectivity index (χ0v) is 14.4. The summed E-state index contributed by atoms with van der Waals surface area (Å²) in [6.07, 6.45) is 5.64. The molecule has 0 fully saturated rings. The van der Waals surface area contributed by atoms with Crippen LogP contribution >= 0.6 is 11.8 Å². The van der Waals surface area contributed by atoms with Crippen molar-refractivity contribution in [3.63, 3.8) is 0 Å². The second-order valence-electron chi connectivity index (χ2n) is 4.19. The summed E-state index contributed by atoms with van der Waals surface area (Å²) in [4.78, 5) is 1.45. The van der Waals surface area contributed by atoms with Crippen LogP contribution in [0.1, 0.15) is 24.8 Å². The molecule has 0 N–H and O–H groups in total. The van der Waals surface area contributed by atoms with Gasteiger partial charge in [-0.3, -0.25) is 0 Å². The van der Waals surface area contributed by atoms with Crippen LogP contribution in [0.3, 0.4) is 0 Å². The molecule has 0 saturated heterocycles. The van der Waals surface area contributed by atoms with Crippen molar-refractivity contribution in [1.29, 1.82) is 0 Å². The molecule has 1 heterocycles. The molecule has 102 valence electrons. The summed E-state index contributed by atoms with van der Waals surface area (Å²) in [5.74, 6) is 0.943. The van der Waals surface area contributed by atoms with Crippen LogP contribution in [-0.2, 0) is 6.54 Å². The first-order valence-corrected chi connectivity index (χ1v) is 9.42. The molecule has 19 heavy (non-hydrogen) atoms. The van der Waals surface area contributed by atoms with Gasteiger partial charge in [-0.1, -0.05) is 0 Å². The molecule has 4 heteroatoms. The number of benzene rings is 1. The molecule has 0 unspecified atom stereocenters. The summed E-state index contributed by atoms with van der Waals surface area (Å²) in [5.41, 5.74) is 1.32. The minimum absolute atomic E-state index is 0.410. The molecule has 0 saturated carbocycles. The number of hydrogen-bond donors (Lipinski definition) is 0.